The van der Waals surface area contributed by atoms with Crippen LogP contribution in [0.1, 0.15) is 16.1 Å². The molecule has 4 heterocycles. The molecule has 0 unspecified atom stereocenters. The zero-order valence-corrected chi connectivity index (χ0v) is 22.1. The van der Waals surface area contributed by atoms with Crippen molar-refractivity contribution >= 4 is 68.1 Å². The number of hydrogen-bond acceptors (Lipinski definition) is 6. The number of urea groups is 1. The summed E-state index contributed by atoms with van der Waals surface area (Å²) in [5.74, 6) is 0.616. The molecule has 2 aliphatic heterocycles. The van der Waals surface area contributed by atoms with Crippen LogP contribution in [0.2, 0.25) is 5.02 Å². The third kappa shape index (κ3) is 4.58. The molecule has 2 aliphatic rings. The molecule has 6 rings (SSSR count). The van der Waals surface area contributed by atoms with Gasteiger partial charge in [0.2, 0.25) is 5.91 Å². The van der Waals surface area contributed by atoms with Crippen LogP contribution in [-0.2, 0) is 4.79 Å². The van der Waals surface area contributed by atoms with Gasteiger partial charge in [0.1, 0.15) is 21.2 Å². The van der Waals surface area contributed by atoms with Crippen molar-refractivity contribution in [2.24, 2.45) is 0 Å². The van der Waals surface area contributed by atoms with Crippen molar-refractivity contribution in [3.8, 4) is 11.5 Å². The average molecular weight is 560 g/mol. The summed E-state index contributed by atoms with van der Waals surface area (Å²) in [5, 5.41) is 6.88. The van der Waals surface area contributed by atoms with Gasteiger partial charge in [0.05, 0.1) is 27.5 Å². The maximum atomic E-state index is 13.4. The molecule has 4 aromatic rings. The van der Waals surface area contributed by atoms with Gasteiger partial charge in [0.15, 0.2) is 0 Å². The van der Waals surface area contributed by atoms with Crippen LogP contribution >= 0.6 is 22.9 Å². The van der Waals surface area contributed by atoms with Crippen molar-refractivity contribution in [3.63, 3.8) is 0 Å². The van der Waals surface area contributed by atoms with Crippen LogP contribution in [0, 0.1) is 0 Å². The van der Waals surface area contributed by atoms with Crippen LogP contribution in [0.5, 0.6) is 11.5 Å². The van der Waals surface area contributed by atoms with E-state index < -0.39 is 6.03 Å². The lowest BCUT2D eigenvalue weighted by atomic mass is 10.1. The summed E-state index contributed by atoms with van der Waals surface area (Å²) in [6.45, 7) is 4.47. The van der Waals surface area contributed by atoms with Gasteiger partial charge in [-0.05, 0) is 48.9 Å². The van der Waals surface area contributed by atoms with Crippen LogP contribution in [0.4, 0.5) is 21.9 Å². The number of carbonyl (C=O) groups is 3. The van der Waals surface area contributed by atoms with E-state index in [9.17, 15) is 14.4 Å². The molecular weight excluding hydrogens is 538 g/mol. The molecule has 2 aromatic carbocycles. The highest BCUT2D eigenvalue weighted by Gasteiger charge is 2.34. The highest BCUT2D eigenvalue weighted by molar-refractivity contribution is 7.21. The fourth-order valence-electron chi connectivity index (χ4n) is 4.79. The van der Waals surface area contributed by atoms with E-state index in [1.54, 1.807) is 35.4 Å². The normalized spacial score (nSPS) is 16.2. The fourth-order valence-corrected chi connectivity index (χ4v) is 6.02. The van der Waals surface area contributed by atoms with Gasteiger partial charge in [-0.25, -0.2) is 9.78 Å². The summed E-state index contributed by atoms with van der Waals surface area (Å²) in [7, 11) is 0. The molecule has 0 bridgehead atoms. The second-order valence-corrected chi connectivity index (χ2v) is 10.5. The first kappa shape index (κ1) is 24.9. The Morgan fingerprint density at radius 1 is 1.21 bits per heavy atom. The number of nitrogens with one attached hydrogen (secondary N) is 2. The van der Waals surface area contributed by atoms with E-state index in [1.165, 1.54) is 22.3 Å². The number of amides is 4. The van der Waals surface area contributed by atoms with Gasteiger partial charge in [-0.2, -0.15) is 0 Å². The molecule has 0 spiro atoms. The van der Waals surface area contributed by atoms with Crippen molar-refractivity contribution < 1.29 is 19.1 Å². The lowest BCUT2D eigenvalue weighted by molar-refractivity contribution is -0.125. The Kier molecular flexibility index (Phi) is 6.41. The van der Waals surface area contributed by atoms with Crippen molar-refractivity contribution in [1.29, 1.82) is 0 Å². The molecule has 2 aromatic heterocycles. The van der Waals surface area contributed by atoms with Gasteiger partial charge >= 0.3 is 6.03 Å². The number of rotatable bonds is 6. The predicted octanol–water partition coefficient (Wildman–Crippen LogP) is 5.94. The van der Waals surface area contributed by atoms with Crippen LogP contribution in [-0.4, -0.2) is 46.9 Å². The van der Waals surface area contributed by atoms with E-state index >= 15 is 0 Å². The molecule has 0 saturated carbocycles. The minimum Gasteiger partial charge on any atom is -0.456 e. The number of benzene rings is 2. The maximum absolute atomic E-state index is 13.4. The number of halogens is 1. The molecule has 39 heavy (non-hydrogen) atoms. The largest absolute Gasteiger partial charge is 0.456 e. The second kappa shape index (κ2) is 10.0. The first-order valence-electron chi connectivity index (χ1n) is 12.2. The van der Waals surface area contributed by atoms with Crippen molar-refractivity contribution in [1.82, 2.24) is 15.2 Å². The van der Waals surface area contributed by atoms with Gasteiger partial charge in [-0.3, -0.25) is 14.5 Å². The summed E-state index contributed by atoms with van der Waals surface area (Å²) < 4.78 is 5.87. The van der Waals surface area contributed by atoms with Gasteiger partial charge in [-0.15, -0.1) is 11.3 Å². The quantitative estimate of drug-likeness (QED) is 0.284. The first-order chi connectivity index (χ1) is 18.9. The minimum absolute atomic E-state index is 0.162. The van der Waals surface area contributed by atoms with Crippen LogP contribution in [0.3, 0.4) is 0 Å². The topological polar surface area (TPSA) is 104 Å². The number of likely N-dealkylation sites (tertiary alicyclic amines) is 1. The van der Waals surface area contributed by atoms with E-state index in [-0.39, 0.29) is 17.9 Å². The number of pyridine rings is 1. The zero-order chi connectivity index (χ0) is 27.1. The Labute approximate surface area is 232 Å². The van der Waals surface area contributed by atoms with E-state index in [4.69, 9.17) is 16.3 Å². The predicted molar refractivity (Wildman–Crippen MR) is 151 cm³/mol. The molecule has 196 valence electrons. The highest BCUT2D eigenvalue weighted by atomic mass is 35.5. The van der Waals surface area contributed by atoms with Crippen molar-refractivity contribution in [3.05, 3.63) is 83.3 Å². The summed E-state index contributed by atoms with van der Waals surface area (Å²) in [6.07, 6.45) is 3.52. The van der Waals surface area contributed by atoms with Crippen molar-refractivity contribution in [2.45, 2.75) is 12.5 Å². The molecular formula is C28H22ClN5O4S. The number of ether oxygens (including phenoxy) is 1. The minimum atomic E-state index is -0.432. The summed E-state index contributed by atoms with van der Waals surface area (Å²) in [5.41, 5.74) is 1.54. The molecule has 2 N–H and O–H groups in total. The monoisotopic (exact) mass is 559 g/mol. The third-order valence-electron chi connectivity index (χ3n) is 6.61. The fraction of sp³-hybridized carbons (Fsp3) is 0.143. The first-order valence-corrected chi connectivity index (χ1v) is 13.4. The molecule has 1 atom stereocenters. The number of thiophene rings is 1. The Morgan fingerprint density at radius 2 is 2.03 bits per heavy atom. The zero-order valence-electron chi connectivity index (χ0n) is 20.5. The Hall–Kier alpha value is -4.41. The number of nitrogens with zero attached hydrogens (tertiary/aromatic N) is 3. The van der Waals surface area contributed by atoms with Crippen LogP contribution in [0.25, 0.3) is 10.2 Å². The molecule has 11 heteroatoms. The van der Waals surface area contributed by atoms with Gasteiger partial charge < -0.3 is 20.3 Å². The smallest absolute Gasteiger partial charge is 0.331 e. The summed E-state index contributed by atoms with van der Waals surface area (Å²) >= 11 is 7.74. The van der Waals surface area contributed by atoms with Gasteiger partial charge in [0, 0.05) is 25.3 Å². The van der Waals surface area contributed by atoms with Gasteiger partial charge in [-0.1, -0.05) is 36.4 Å². The number of para-hydroxylation sites is 1. The molecule has 1 saturated heterocycles. The van der Waals surface area contributed by atoms with E-state index in [0.717, 1.165) is 0 Å². The second-order valence-electron chi connectivity index (χ2n) is 9.06. The highest BCUT2D eigenvalue weighted by Crippen LogP contribution is 2.46. The van der Waals surface area contributed by atoms with Crippen LogP contribution in [0.15, 0.2) is 73.4 Å². The standard InChI is InChI=1S/C28H22ClN5O4S/c1-2-22(35)33-13-11-16(15-33)31-26(36)25-24-23-20(10-12-30-27(23)39-25)34(28(37)32-24)17-8-9-21(19(29)14-17)38-18-6-4-3-5-7-18/h2-10,12,14,16H,1,11,13,15H2,(H,31,36)(H,32,37)/t16-/m1/s1. The lowest BCUT2D eigenvalue weighted by Crippen LogP contribution is -2.39. The number of anilines is 3. The summed E-state index contributed by atoms with van der Waals surface area (Å²) in [4.78, 5) is 47.1. The van der Waals surface area contributed by atoms with Gasteiger partial charge in [0.25, 0.3) is 5.91 Å². The summed E-state index contributed by atoms with van der Waals surface area (Å²) in [6, 6.07) is 15.5. The Bertz CT molecular complexity index is 1640. The molecule has 4 amide bonds. The van der Waals surface area contributed by atoms with Crippen LogP contribution < -0.4 is 20.3 Å². The molecule has 1 fully saturated rings. The lowest BCUT2D eigenvalue weighted by Gasteiger charge is -2.28. The van der Waals surface area contributed by atoms with E-state index in [2.05, 4.69) is 22.2 Å². The number of aromatic nitrogens is 1. The van der Waals surface area contributed by atoms with Crippen molar-refractivity contribution in [2.75, 3.05) is 23.3 Å². The van der Waals surface area contributed by atoms with E-state index in [1.807, 2.05) is 30.3 Å². The Morgan fingerprint density at radius 3 is 2.79 bits per heavy atom. The SMILES string of the molecule is C=CC(=O)N1CC[C@@H](NC(=O)c2sc3nccc4c3c2NC(=O)N4c2ccc(Oc3ccccc3)c(Cl)c2)C1. The average Bonchev–Trinajstić information content (AvgIpc) is 3.56. The Balaban J connectivity index is 1.29. The molecule has 0 radical (unpaired) electrons. The molecule has 9 nitrogen and oxygen atoms in total. The third-order valence-corrected chi connectivity index (χ3v) is 8.00. The van der Waals surface area contributed by atoms with E-state index in [0.29, 0.717) is 68.2 Å². The number of hydrogen-bond donors (Lipinski definition) is 2. The molecule has 0 aliphatic carbocycles. The number of carbonyl (C=O) groups excluding carboxylic acids is 3. The maximum Gasteiger partial charge on any atom is 0.331 e.